The van der Waals surface area contributed by atoms with Crippen LogP contribution in [0.4, 0.5) is 10.2 Å². The second kappa shape index (κ2) is 14.3. The molecule has 2 aromatic heterocycles. The van der Waals surface area contributed by atoms with Gasteiger partial charge in [-0.15, -0.1) is 6.54 Å². The number of aliphatic hydroxyl groups excluding tert-OH is 1. The molecule has 0 saturated heterocycles. The quantitative estimate of drug-likeness (QED) is 0.429. The minimum atomic E-state index is -0.545. The van der Waals surface area contributed by atoms with Crippen LogP contribution in [0.5, 0.6) is 0 Å². The number of pyridine rings is 2. The summed E-state index contributed by atoms with van der Waals surface area (Å²) in [5, 5.41) is 21.9. The molecule has 2 aromatic rings. The molecular weight excluding hydrogens is 581 g/mol. The summed E-state index contributed by atoms with van der Waals surface area (Å²) < 4.78 is 18.2. The molecule has 2 heterocycles. The van der Waals surface area contributed by atoms with Crippen molar-refractivity contribution in [1.29, 1.82) is 5.26 Å². The summed E-state index contributed by atoms with van der Waals surface area (Å²) in [6.07, 6.45) is 5.65. The average Bonchev–Trinajstić information content (AvgIpc) is 2.76. The summed E-state index contributed by atoms with van der Waals surface area (Å²) in [6, 6.07) is 8.77. The van der Waals surface area contributed by atoms with Gasteiger partial charge in [-0.05, 0) is 57.4 Å². The maximum atomic E-state index is 12.9. The number of halogens is 1. The average molecular weight is 612 g/mol. The Balaban J connectivity index is 0.000000315. The van der Waals surface area contributed by atoms with Crippen molar-refractivity contribution in [2.45, 2.75) is 51.7 Å². The minimum absolute atomic E-state index is 0. The van der Waals surface area contributed by atoms with E-state index in [0.29, 0.717) is 17.3 Å². The number of hydrogen-bond acceptors (Lipinski definition) is 6. The van der Waals surface area contributed by atoms with Gasteiger partial charge in [-0.25, -0.2) is 9.37 Å². The molecule has 7 nitrogen and oxygen atoms in total. The Morgan fingerprint density at radius 2 is 2.06 bits per heavy atom. The van der Waals surface area contributed by atoms with Crippen LogP contribution in [0.25, 0.3) is 5.32 Å². The van der Waals surface area contributed by atoms with Crippen molar-refractivity contribution in [1.82, 2.24) is 9.97 Å². The number of nitrogens with zero attached hydrogens (tertiary/aromatic N) is 5. The summed E-state index contributed by atoms with van der Waals surface area (Å²) in [4.78, 5) is 10.6. The monoisotopic (exact) mass is 612 g/mol. The van der Waals surface area contributed by atoms with Crippen molar-refractivity contribution in [3.8, 4) is 6.07 Å². The van der Waals surface area contributed by atoms with Crippen LogP contribution in [0.2, 0.25) is 0 Å². The molecular formula is C23H31FN5O2W-. The Kier molecular flexibility index (Phi) is 12.5. The first-order valence-electron chi connectivity index (χ1n) is 10.6. The van der Waals surface area contributed by atoms with Gasteiger partial charge in [0, 0.05) is 46.0 Å². The maximum Gasteiger partial charge on any atom is 0.144 e. The van der Waals surface area contributed by atoms with E-state index in [-0.39, 0.29) is 33.7 Å². The van der Waals surface area contributed by atoms with Gasteiger partial charge in [-0.1, -0.05) is 6.92 Å². The van der Waals surface area contributed by atoms with Gasteiger partial charge in [0.15, 0.2) is 0 Å². The number of aliphatic hydroxyl groups is 1. The second-order valence-corrected chi connectivity index (χ2v) is 7.35. The Bertz CT molecular complexity index is 843. The summed E-state index contributed by atoms with van der Waals surface area (Å²) in [5.74, 6) is 0.591. The molecule has 32 heavy (non-hydrogen) atoms. The van der Waals surface area contributed by atoms with Crippen LogP contribution >= 0.6 is 0 Å². The van der Waals surface area contributed by atoms with E-state index in [0.717, 1.165) is 44.7 Å². The first-order chi connectivity index (χ1) is 15.0. The number of rotatable bonds is 9. The molecule has 0 bridgehead atoms. The smallest absolute Gasteiger partial charge is 0.144 e. The topological polar surface area (TPSA) is 96.4 Å². The number of nitriles is 1. The maximum absolute atomic E-state index is 12.9. The molecule has 1 aliphatic rings. The van der Waals surface area contributed by atoms with Gasteiger partial charge in [0.05, 0.1) is 11.3 Å². The van der Waals surface area contributed by atoms with Crippen molar-refractivity contribution < 1.29 is 35.3 Å². The van der Waals surface area contributed by atoms with E-state index in [1.54, 1.807) is 12.3 Å². The summed E-state index contributed by atoms with van der Waals surface area (Å²) in [6.45, 7) is 8.49. The molecule has 0 aliphatic heterocycles. The molecule has 3 rings (SSSR count). The fraction of sp³-hybridized carbons (Fsp3) is 0.522. The van der Waals surface area contributed by atoms with Gasteiger partial charge >= 0.3 is 0 Å². The van der Waals surface area contributed by atoms with E-state index in [9.17, 15) is 4.39 Å². The predicted molar refractivity (Wildman–Crippen MR) is 118 cm³/mol. The molecule has 0 amide bonds. The van der Waals surface area contributed by atoms with Crippen molar-refractivity contribution in [2.24, 2.45) is 0 Å². The Morgan fingerprint density at radius 3 is 2.53 bits per heavy atom. The molecule has 174 valence electrons. The van der Waals surface area contributed by atoms with E-state index in [1.807, 2.05) is 13.0 Å². The fourth-order valence-electron chi connectivity index (χ4n) is 3.49. The van der Waals surface area contributed by atoms with E-state index >= 15 is 0 Å². The fourth-order valence-corrected chi connectivity index (χ4v) is 3.49. The van der Waals surface area contributed by atoms with Crippen LogP contribution in [0.15, 0.2) is 36.7 Å². The predicted octanol–water partition coefficient (Wildman–Crippen LogP) is 4.13. The Morgan fingerprint density at radius 1 is 1.31 bits per heavy atom. The van der Waals surface area contributed by atoms with Crippen molar-refractivity contribution in [2.75, 3.05) is 31.3 Å². The Hall–Kier alpha value is -1.91. The molecule has 1 aliphatic carbocycles. The number of likely N-dealkylation sites (N-methyl/N-ethyl adjacent to an activating group) is 2. The van der Waals surface area contributed by atoms with Gasteiger partial charge in [-0.2, -0.15) is 11.8 Å². The van der Waals surface area contributed by atoms with Crippen molar-refractivity contribution in [3.05, 3.63) is 59.1 Å². The van der Waals surface area contributed by atoms with Crippen LogP contribution < -0.4 is 4.90 Å². The van der Waals surface area contributed by atoms with Gasteiger partial charge in [-0.3, -0.25) is 4.98 Å². The zero-order valence-corrected chi connectivity index (χ0v) is 21.8. The first kappa shape index (κ1) is 28.1. The molecule has 9 heteroatoms. The van der Waals surface area contributed by atoms with Crippen LogP contribution in [0, 0.1) is 17.1 Å². The van der Waals surface area contributed by atoms with E-state index in [4.69, 9.17) is 15.1 Å². The summed E-state index contributed by atoms with van der Waals surface area (Å²) >= 11 is 0. The van der Waals surface area contributed by atoms with Gasteiger partial charge in [0.1, 0.15) is 30.1 Å². The zero-order chi connectivity index (χ0) is 22.7. The molecule has 1 N–H and O–H groups in total. The van der Waals surface area contributed by atoms with E-state index < -0.39 is 5.60 Å². The van der Waals surface area contributed by atoms with Crippen LogP contribution in [-0.2, 0) is 31.4 Å². The number of hydrogen-bond donors (Lipinski definition) is 1. The Labute approximate surface area is 204 Å². The zero-order valence-electron chi connectivity index (χ0n) is 18.9. The third kappa shape index (κ3) is 7.60. The van der Waals surface area contributed by atoms with Crippen LogP contribution in [0.1, 0.15) is 51.3 Å². The second-order valence-electron chi connectivity index (χ2n) is 7.35. The largest absolute Gasteiger partial charge is 0.661 e. The third-order valence-electron chi connectivity index (χ3n) is 5.35. The molecule has 1 saturated carbocycles. The molecule has 0 spiro atoms. The van der Waals surface area contributed by atoms with E-state index in [1.165, 1.54) is 18.3 Å². The standard InChI is InChI=1S/C13H19N4.C10H12FNO2.W/c1-4-15-9-11(3)17(5-2)13-7-6-12(8-14)10-16-13;11-8-2-5-12-9(6-8)10(14-7-13)3-1-4-10;/h6-7,10-11H,4-5,9H2,1-3H3;2,5-6,13H,1,3-4,7H2;/q-1;;. The van der Waals surface area contributed by atoms with Crippen LogP contribution in [0.3, 0.4) is 0 Å². The van der Waals surface area contributed by atoms with Gasteiger partial charge in [0.25, 0.3) is 0 Å². The summed E-state index contributed by atoms with van der Waals surface area (Å²) in [7, 11) is 0. The normalized spacial score (nSPS) is 14.6. The van der Waals surface area contributed by atoms with Crippen molar-refractivity contribution in [3.63, 3.8) is 0 Å². The molecule has 1 atom stereocenters. The first-order valence-corrected chi connectivity index (χ1v) is 10.6. The number of aromatic nitrogens is 2. The van der Waals surface area contributed by atoms with Gasteiger partial charge < -0.3 is 20.1 Å². The van der Waals surface area contributed by atoms with Gasteiger partial charge in [0.2, 0.25) is 0 Å². The molecule has 1 unspecified atom stereocenters. The SMILES string of the molecule is CC[N-]CC(C)N(CC)c1ccc(C#N)cn1.OCOC1(c2cc(F)ccn2)CCC1.[W]. The molecule has 0 radical (unpaired) electrons. The number of anilines is 1. The minimum Gasteiger partial charge on any atom is -0.661 e. The molecule has 1 fully saturated rings. The van der Waals surface area contributed by atoms with E-state index in [2.05, 4.69) is 40.1 Å². The van der Waals surface area contributed by atoms with Crippen LogP contribution in [-0.4, -0.2) is 47.5 Å². The van der Waals surface area contributed by atoms with Crippen molar-refractivity contribution >= 4 is 5.82 Å². The molecule has 0 aromatic carbocycles. The number of ether oxygens (including phenoxy) is 1. The third-order valence-corrected chi connectivity index (χ3v) is 5.35. The summed E-state index contributed by atoms with van der Waals surface area (Å²) in [5.41, 5.74) is 0.630.